The lowest BCUT2D eigenvalue weighted by Gasteiger charge is -2.35. The van der Waals surface area contributed by atoms with Gasteiger partial charge in [0.05, 0.1) is 0 Å². The van der Waals surface area contributed by atoms with E-state index in [0.29, 0.717) is 24.9 Å². The predicted octanol–water partition coefficient (Wildman–Crippen LogP) is 0.254. The van der Waals surface area contributed by atoms with Gasteiger partial charge in [-0.3, -0.25) is 9.59 Å². The fraction of sp³-hybridized carbons (Fsp3) is 0.846. The number of hydrogen-bond donors (Lipinski definition) is 2. The van der Waals surface area contributed by atoms with Gasteiger partial charge in [-0.2, -0.15) is 0 Å². The highest BCUT2D eigenvalue weighted by molar-refractivity contribution is 5.90. The van der Waals surface area contributed by atoms with E-state index in [-0.39, 0.29) is 17.9 Å². The first-order valence-corrected chi connectivity index (χ1v) is 6.85. The highest BCUT2D eigenvalue weighted by atomic mass is 16.2. The van der Waals surface area contributed by atoms with Crippen LogP contribution in [-0.4, -0.2) is 48.9 Å². The van der Waals surface area contributed by atoms with Crippen molar-refractivity contribution < 1.29 is 9.59 Å². The van der Waals surface area contributed by atoms with Crippen LogP contribution in [-0.2, 0) is 9.59 Å². The van der Waals surface area contributed by atoms with Crippen LogP contribution in [0.5, 0.6) is 0 Å². The maximum absolute atomic E-state index is 12.2. The summed E-state index contributed by atoms with van der Waals surface area (Å²) in [6.45, 7) is 0. The van der Waals surface area contributed by atoms with E-state index in [2.05, 4.69) is 10.6 Å². The summed E-state index contributed by atoms with van der Waals surface area (Å²) in [6, 6.07) is 0.639. The van der Waals surface area contributed by atoms with Gasteiger partial charge in [-0.25, -0.2) is 0 Å². The average Bonchev–Trinajstić information content (AvgIpc) is 2.84. The van der Waals surface area contributed by atoms with E-state index in [1.54, 1.807) is 0 Å². The standard InChI is InChI=1S/C13H23N3O2/c1-14-9-3-5-10(6-4-9)16(2)13(18)11-7-8-12(17)15-11/h9-11,14H,3-8H2,1-2H3,(H,15,17). The monoisotopic (exact) mass is 253 g/mol. The number of hydrogen-bond acceptors (Lipinski definition) is 3. The van der Waals surface area contributed by atoms with Gasteiger partial charge in [0.25, 0.3) is 0 Å². The second-order valence-electron chi connectivity index (χ2n) is 5.40. The predicted molar refractivity (Wildman–Crippen MR) is 69.0 cm³/mol. The van der Waals surface area contributed by atoms with E-state index in [0.717, 1.165) is 25.7 Å². The molecule has 2 fully saturated rings. The zero-order valence-electron chi connectivity index (χ0n) is 11.2. The van der Waals surface area contributed by atoms with E-state index in [9.17, 15) is 9.59 Å². The van der Waals surface area contributed by atoms with Gasteiger partial charge in [0.15, 0.2) is 0 Å². The molecule has 102 valence electrons. The molecule has 2 amide bonds. The Morgan fingerprint density at radius 2 is 1.94 bits per heavy atom. The fourth-order valence-electron chi connectivity index (χ4n) is 2.98. The summed E-state index contributed by atoms with van der Waals surface area (Å²) >= 11 is 0. The summed E-state index contributed by atoms with van der Waals surface area (Å²) in [7, 11) is 3.87. The van der Waals surface area contributed by atoms with Gasteiger partial charge in [-0.15, -0.1) is 0 Å². The molecule has 2 N–H and O–H groups in total. The SMILES string of the molecule is CNC1CCC(N(C)C(=O)C2CCC(=O)N2)CC1. The Labute approximate surface area is 108 Å². The van der Waals surface area contributed by atoms with Crippen LogP contribution in [0.25, 0.3) is 0 Å². The molecule has 0 aromatic carbocycles. The zero-order chi connectivity index (χ0) is 13.1. The lowest BCUT2D eigenvalue weighted by atomic mass is 9.90. The molecule has 0 bridgehead atoms. The first-order valence-electron chi connectivity index (χ1n) is 6.85. The van der Waals surface area contributed by atoms with Crippen LogP contribution in [0.15, 0.2) is 0 Å². The third-order valence-electron chi connectivity index (χ3n) is 4.29. The van der Waals surface area contributed by atoms with E-state index < -0.39 is 0 Å². The summed E-state index contributed by atoms with van der Waals surface area (Å²) in [4.78, 5) is 25.2. The van der Waals surface area contributed by atoms with E-state index >= 15 is 0 Å². The van der Waals surface area contributed by atoms with Crippen molar-refractivity contribution in [2.75, 3.05) is 14.1 Å². The lowest BCUT2D eigenvalue weighted by molar-refractivity contribution is -0.135. The summed E-state index contributed by atoms with van der Waals surface area (Å²) in [5.41, 5.74) is 0. The average molecular weight is 253 g/mol. The van der Waals surface area contributed by atoms with Crippen LogP contribution < -0.4 is 10.6 Å². The number of amides is 2. The van der Waals surface area contributed by atoms with Gasteiger partial charge in [-0.1, -0.05) is 0 Å². The zero-order valence-corrected chi connectivity index (χ0v) is 11.2. The van der Waals surface area contributed by atoms with Gasteiger partial charge in [0.1, 0.15) is 6.04 Å². The molecule has 1 aliphatic carbocycles. The number of carbonyl (C=O) groups is 2. The smallest absolute Gasteiger partial charge is 0.245 e. The Bertz CT molecular complexity index is 324. The van der Waals surface area contributed by atoms with Crippen LogP contribution in [0.4, 0.5) is 0 Å². The minimum atomic E-state index is -0.287. The molecule has 18 heavy (non-hydrogen) atoms. The van der Waals surface area contributed by atoms with Crippen LogP contribution in [0.1, 0.15) is 38.5 Å². The number of nitrogens with one attached hydrogen (secondary N) is 2. The summed E-state index contributed by atoms with van der Waals surface area (Å²) < 4.78 is 0. The quantitative estimate of drug-likeness (QED) is 0.758. The summed E-state index contributed by atoms with van der Waals surface area (Å²) in [5.74, 6) is 0.0781. The molecule has 1 atom stereocenters. The second-order valence-corrected chi connectivity index (χ2v) is 5.40. The number of rotatable bonds is 3. The highest BCUT2D eigenvalue weighted by Gasteiger charge is 2.33. The first kappa shape index (κ1) is 13.3. The maximum atomic E-state index is 12.2. The van der Waals surface area contributed by atoms with Crippen molar-refractivity contribution in [2.24, 2.45) is 0 Å². The van der Waals surface area contributed by atoms with Crippen LogP contribution >= 0.6 is 0 Å². The normalized spacial score (nSPS) is 32.1. The van der Waals surface area contributed by atoms with Crippen LogP contribution in [0, 0.1) is 0 Å². The number of carbonyl (C=O) groups excluding carboxylic acids is 2. The minimum Gasteiger partial charge on any atom is -0.344 e. The second kappa shape index (κ2) is 5.69. The third kappa shape index (κ3) is 2.83. The van der Waals surface area contributed by atoms with Crippen molar-refractivity contribution in [3.63, 3.8) is 0 Å². The van der Waals surface area contributed by atoms with Crippen molar-refractivity contribution in [1.82, 2.24) is 15.5 Å². The van der Waals surface area contributed by atoms with Crippen molar-refractivity contribution >= 4 is 11.8 Å². The largest absolute Gasteiger partial charge is 0.344 e. The molecule has 5 nitrogen and oxygen atoms in total. The third-order valence-corrected chi connectivity index (χ3v) is 4.29. The van der Waals surface area contributed by atoms with Crippen LogP contribution in [0.2, 0.25) is 0 Å². The van der Waals surface area contributed by atoms with E-state index in [1.807, 2.05) is 19.0 Å². The van der Waals surface area contributed by atoms with Gasteiger partial charge < -0.3 is 15.5 Å². The molecular weight excluding hydrogens is 230 g/mol. The van der Waals surface area contributed by atoms with Gasteiger partial charge in [0.2, 0.25) is 11.8 Å². The van der Waals surface area contributed by atoms with E-state index in [1.165, 1.54) is 0 Å². The highest BCUT2D eigenvalue weighted by Crippen LogP contribution is 2.23. The topological polar surface area (TPSA) is 61.4 Å². The molecule has 1 heterocycles. The van der Waals surface area contributed by atoms with Crippen molar-refractivity contribution in [1.29, 1.82) is 0 Å². The lowest BCUT2D eigenvalue weighted by Crippen LogP contribution is -2.49. The van der Waals surface area contributed by atoms with E-state index in [4.69, 9.17) is 0 Å². The van der Waals surface area contributed by atoms with Gasteiger partial charge in [0, 0.05) is 25.6 Å². The molecule has 0 spiro atoms. The number of nitrogens with zero attached hydrogens (tertiary/aromatic N) is 1. The maximum Gasteiger partial charge on any atom is 0.245 e. The summed E-state index contributed by atoms with van der Waals surface area (Å²) in [5, 5.41) is 6.04. The minimum absolute atomic E-state index is 0.000594. The van der Waals surface area contributed by atoms with Crippen molar-refractivity contribution in [3.8, 4) is 0 Å². The molecule has 1 saturated heterocycles. The Kier molecular flexibility index (Phi) is 4.22. The molecule has 5 heteroatoms. The van der Waals surface area contributed by atoms with Gasteiger partial charge >= 0.3 is 0 Å². The summed E-state index contributed by atoms with van der Waals surface area (Å²) in [6.07, 6.45) is 5.47. The Hall–Kier alpha value is -1.10. The molecule has 0 aromatic rings. The molecule has 1 saturated carbocycles. The molecule has 2 aliphatic rings. The van der Waals surface area contributed by atoms with Crippen LogP contribution in [0.3, 0.4) is 0 Å². The first-order chi connectivity index (χ1) is 8.61. The number of likely N-dealkylation sites (N-methyl/N-ethyl adjacent to an activating group) is 1. The Balaban J connectivity index is 1.85. The Morgan fingerprint density at radius 3 is 2.44 bits per heavy atom. The molecule has 1 aliphatic heterocycles. The molecule has 0 aromatic heterocycles. The molecule has 2 rings (SSSR count). The Morgan fingerprint density at radius 1 is 1.28 bits per heavy atom. The fourth-order valence-corrected chi connectivity index (χ4v) is 2.98. The van der Waals surface area contributed by atoms with Crippen molar-refractivity contribution in [3.05, 3.63) is 0 Å². The van der Waals surface area contributed by atoms with Crippen molar-refractivity contribution in [2.45, 2.75) is 56.7 Å². The molecule has 0 radical (unpaired) electrons. The van der Waals surface area contributed by atoms with Gasteiger partial charge in [-0.05, 0) is 39.2 Å². The molecule has 1 unspecified atom stereocenters. The molecular formula is C13H23N3O2.